The maximum Gasteiger partial charge on any atom is 0.269 e. The van der Waals surface area contributed by atoms with Gasteiger partial charge in [0.2, 0.25) is 0 Å². The summed E-state index contributed by atoms with van der Waals surface area (Å²) in [6.45, 7) is 2.48. The largest absolute Gasteiger partial charge is 0.494 e. The van der Waals surface area contributed by atoms with Crippen molar-refractivity contribution in [1.82, 2.24) is 20.2 Å². The second-order valence-electron chi connectivity index (χ2n) is 7.51. The summed E-state index contributed by atoms with van der Waals surface area (Å²) in [5, 5.41) is 24.5. The molecule has 0 aliphatic carbocycles. The molecule has 1 amide bonds. The molecule has 0 aliphatic rings. The van der Waals surface area contributed by atoms with Crippen molar-refractivity contribution in [2.75, 3.05) is 12.4 Å². The Morgan fingerprint density at radius 3 is 2.46 bits per heavy atom. The number of carbonyl (C=O) groups is 1. The average Bonchev–Trinajstić information content (AvgIpc) is 3.33. The van der Waals surface area contributed by atoms with Gasteiger partial charge in [0.25, 0.3) is 11.6 Å². The van der Waals surface area contributed by atoms with Gasteiger partial charge in [-0.05, 0) is 73.2 Å². The fraction of sp³-hybridized carbons (Fsp3) is 0.120. The fourth-order valence-electron chi connectivity index (χ4n) is 3.26. The van der Waals surface area contributed by atoms with Crippen LogP contribution in [0.5, 0.6) is 5.75 Å². The molecule has 0 saturated carbocycles. The van der Waals surface area contributed by atoms with Crippen molar-refractivity contribution in [3.05, 3.63) is 93.5 Å². The molecule has 0 spiro atoms. The first kappa shape index (κ1) is 25.9. The zero-order chi connectivity index (χ0) is 26.2. The normalized spacial score (nSPS) is 11.0. The van der Waals surface area contributed by atoms with E-state index in [-0.39, 0.29) is 17.3 Å². The predicted octanol–water partition coefficient (Wildman–Crippen LogP) is 5.14. The number of nitrogens with zero attached hydrogens (tertiary/aromatic N) is 5. The van der Waals surface area contributed by atoms with Gasteiger partial charge >= 0.3 is 0 Å². The molecular formula is C25H21ClN6O4S. The average molecular weight is 537 g/mol. The minimum atomic E-state index is -0.482. The molecule has 0 fully saturated rings. The second-order valence-corrected chi connectivity index (χ2v) is 8.88. The van der Waals surface area contributed by atoms with Crippen LogP contribution in [0.25, 0.3) is 17.1 Å². The number of aromatic nitrogens is 3. The summed E-state index contributed by atoms with van der Waals surface area (Å²) < 4.78 is 7.40. The molecule has 12 heteroatoms. The van der Waals surface area contributed by atoms with Crippen LogP contribution in [0, 0.1) is 10.1 Å². The Bertz CT molecular complexity index is 1410. The Labute approximate surface area is 221 Å². The Morgan fingerprint density at radius 1 is 1.11 bits per heavy atom. The van der Waals surface area contributed by atoms with E-state index in [9.17, 15) is 14.9 Å². The highest BCUT2D eigenvalue weighted by atomic mass is 35.5. The number of benzene rings is 3. The first-order valence-electron chi connectivity index (χ1n) is 11.1. The van der Waals surface area contributed by atoms with Crippen LogP contribution < -0.4 is 10.2 Å². The van der Waals surface area contributed by atoms with E-state index in [1.165, 1.54) is 30.1 Å². The number of non-ortho nitro benzene ring substituents is 1. The topological polar surface area (TPSA) is 125 Å². The molecule has 1 aromatic heterocycles. The molecule has 3 aromatic carbocycles. The van der Waals surface area contributed by atoms with Crippen LogP contribution in [-0.4, -0.2) is 44.2 Å². The van der Waals surface area contributed by atoms with Gasteiger partial charge in [-0.2, -0.15) is 5.10 Å². The van der Waals surface area contributed by atoms with Gasteiger partial charge in [0.1, 0.15) is 5.75 Å². The van der Waals surface area contributed by atoms with Gasteiger partial charge < -0.3 is 4.74 Å². The maximum atomic E-state index is 12.4. The van der Waals surface area contributed by atoms with Crippen LogP contribution in [0.4, 0.5) is 5.69 Å². The van der Waals surface area contributed by atoms with Gasteiger partial charge in [-0.1, -0.05) is 23.4 Å². The van der Waals surface area contributed by atoms with Crippen LogP contribution in [0.3, 0.4) is 0 Å². The number of hydrogen-bond acceptors (Lipinski definition) is 8. The SMILES string of the molecule is CCOc1ccc(-n2c(SCC(=O)N/N=C\c3ccc([N+](=O)[O-])cc3)nnc2-c2ccc(Cl)cc2)cc1. The number of rotatable bonds is 10. The third-order valence-electron chi connectivity index (χ3n) is 4.98. The number of nitro groups is 1. The third kappa shape index (κ3) is 6.72. The van der Waals surface area contributed by atoms with E-state index in [4.69, 9.17) is 16.3 Å². The maximum absolute atomic E-state index is 12.4. The molecule has 0 bridgehead atoms. The molecule has 4 aromatic rings. The van der Waals surface area contributed by atoms with E-state index in [2.05, 4.69) is 20.7 Å². The lowest BCUT2D eigenvalue weighted by atomic mass is 10.2. The monoisotopic (exact) mass is 536 g/mol. The fourth-order valence-corrected chi connectivity index (χ4v) is 4.13. The van der Waals surface area contributed by atoms with Crippen molar-refractivity contribution < 1.29 is 14.5 Å². The molecule has 1 heterocycles. The summed E-state index contributed by atoms with van der Waals surface area (Å²) in [6, 6.07) is 20.6. The summed E-state index contributed by atoms with van der Waals surface area (Å²) in [6.07, 6.45) is 1.41. The Balaban J connectivity index is 1.48. The molecule has 4 rings (SSSR count). The second kappa shape index (κ2) is 12.2. The zero-order valence-corrected chi connectivity index (χ0v) is 21.1. The van der Waals surface area contributed by atoms with Gasteiger partial charge in [0, 0.05) is 28.4 Å². The van der Waals surface area contributed by atoms with E-state index >= 15 is 0 Å². The highest BCUT2D eigenvalue weighted by molar-refractivity contribution is 7.99. The minimum absolute atomic E-state index is 0.0211. The number of hydrogen-bond donors (Lipinski definition) is 1. The minimum Gasteiger partial charge on any atom is -0.494 e. The van der Waals surface area contributed by atoms with Crippen LogP contribution in [0.2, 0.25) is 5.02 Å². The molecule has 0 aliphatic heterocycles. The Morgan fingerprint density at radius 2 is 1.81 bits per heavy atom. The van der Waals surface area contributed by atoms with Crippen LogP contribution in [0.15, 0.2) is 83.1 Å². The van der Waals surface area contributed by atoms with E-state index in [1.807, 2.05) is 47.9 Å². The predicted molar refractivity (Wildman–Crippen MR) is 143 cm³/mol. The Kier molecular flexibility index (Phi) is 8.49. The molecule has 1 N–H and O–H groups in total. The molecule has 0 atom stereocenters. The highest BCUT2D eigenvalue weighted by Gasteiger charge is 2.17. The van der Waals surface area contributed by atoms with Crippen LogP contribution in [0.1, 0.15) is 12.5 Å². The smallest absolute Gasteiger partial charge is 0.269 e. The van der Waals surface area contributed by atoms with Crippen LogP contribution >= 0.6 is 23.4 Å². The van der Waals surface area contributed by atoms with E-state index in [0.29, 0.717) is 28.2 Å². The van der Waals surface area contributed by atoms with Gasteiger partial charge in [-0.25, -0.2) is 5.43 Å². The number of hydrazone groups is 1. The first-order valence-corrected chi connectivity index (χ1v) is 12.4. The number of nitro benzene ring substituents is 1. The van der Waals surface area contributed by atoms with Gasteiger partial charge in [-0.3, -0.25) is 19.5 Å². The summed E-state index contributed by atoms with van der Waals surface area (Å²) in [4.78, 5) is 22.7. The van der Waals surface area contributed by atoms with Gasteiger partial charge in [-0.15, -0.1) is 10.2 Å². The lowest BCUT2D eigenvalue weighted by Gasteiger charge is -2.11. The lowest BCUT2D eigenvalue weighted by molar-refractivity contribution is -0.384. The molecule has 37 heavy (non-hydrogen) atoms. The van der Waals surface area contributed by atoms with Gasteiger partial charge in [0.15, 0.2) is 11.0 Å². The number of amides is 1. The van der Waals surface area contributed by atoms with Crippen molar-refractivity contribution in [3.8, 4) is 22.8 Å². The van der Waals surface area contributed by atoms with Crippen molar-refractivity contribution in [2.45, 2.75) is 12.1 Å². The number of thioether (sulfide) groups is 1. The van der Waals surface area contributed by atoms with E-state index in [1.54, 1.807) is 24.3 Å². The number of carbonyl (C=O) groups excluding carboxylic acids is 1. The van der Waals surface area contributed by atoms with Crippen molar-refractivity contribution in [1.29, 1.82) is 0 Å². The number of nitrogens with one attached hydrogen (secondary N) is 1. The number of halogens is 1. The standard InChI is InChI=1S/C25H21ClN6O4S/c1-2-36-22-13-11-20(12-14-22)31-24(18-5-7-19(26)8-6-18)29-30-25(31)37-16-23(33)28-27-15-17-3-9-21(10-4-17)32(34)35/h3-15H,2,16H2,1H3,(H,28,33)/b27-15-. The zero-order valence-electron chi connectivity index (χ0n) is 19.6. The summed E-state index contributed by atoms with van der Waals surface area (Å²) in [7, 11) is 0. The summed E-state index contributed by atoms with van der Waals surface area (Å²) in [5.74, 6) is 1.03. The van der Waals surface area contributed by atoms with Crippen molar-refractivity contribution >= 4 is 41.2 Å². The van der Waals surface area contributed by atoms with E-state index in [0.717, 1.165) is 17.0 Å². The molecule has 188 valence electrons. The quantitative estimate of drug-likeness (QED) is 0.129. The molecule has 0 radical (unpaired) electrons. The molecule has 10 nitrogen and oxygen atoms in total. The lowest BCUT2D eigenvalue weighted by Crippen LogP contribution is -2.20. The summed E-state index contributed by atoms with van der Waals surface area (Å²) >= 11 is 7.25. The van der Waals surface area contributed by atoms with Gasteiger partial charge in [0.05, 0.1) is 23.5 Å². The Hall–Kier alpha value is -4.22. The first-order chi connectivity index (χ1) is 17.9. The van der Waals surface area contributed by atoms with Crippen molar-refractivity contribution in [3.63, 3.8) is 0 Å². The van der Waals surface area contributed by atoms with Crippen LogP contribution in [-0.2, 0) is 4.79 Å². The highest BCUT2D eigenvalue weighted by Crippen LogP contribution is 2.29. The van der Waals surface area contributed by atoms with E-state index < -0.39 is 4.92 Å². The molecular weight excluding hydrogens is 516 g/mol. The third-order valence-corrected chi connectivity index (χ3v) is 6.16. The van der Waals surface area contributed by atoms with Crippen molar-refractivity contribution in [2.24, 2.45) is 5.10 Å². The summed E-state index contributed by atoms with van der Waals surface area (Å²) in [5.41, 5.74) is 4.66. The molecule has 0 unspecified atom stereocenters. The molecule has 0 saturated heterocycles. The number of ether oxygens (including phenoxy) is 1.